The molecular weight excluding hydrogens is 525 g/mol. The minimum atomic E-state index is -0.895. The van der Waals surface area contributed by atoms with E-state index in [0.29, 0.717) is 37.3 Å². The van der Waals surface area contributed by atoms with Gasteiger partial charge >= 0.3 is 6.03 Å². The van der Waals surface area contributed by atoms with Crippen molar-refractivity contribution in [2.75, 3.05) is 46.3 Å². The molecule has 2 fully saturated rings. The summed E-state index contributed by atoms with van der Waals surface area (Å²) in [5.74, 6) is -3.86. The van der Waals surface area contributed by atoms with Crippen LogP contribution in [0.2, 0.25) is 0 Å². The number of carbonyl (C=O) groups is 3. The second kappa shape index (κ2) is 11.7. The fourth-order valence-electron chi connectivity index (χ4n) is 6.07. The van der Waals surface area contributed by atoms with E-state index < -0.39 is 23.6 Å². The van der Waals surface area contributed by atoms with E-state index >= 15 is 0 Å². The summed E-state index contributed by atoms with van der Waals surface area (Å²) >= 11 is 0. The van der Waals surface area contributed by atoms with E-state index in [-0.39, 0.29) is 53.3 Å². The van der Waals surface area contributed by atoms with Crippen LogP contribution in [0.15, 0.2) is 66.7 Å². The Morgan fingerprint density at radius 3 is 1.78 bits per heavy atom. The lowest BCUT2D eigenvalue weighted by Crippen LogP contribution is -2.58. The van der Waals surface area contributed by atoms with Gasteiger partial charge in [0.05, 0.1) is 0 Å². The third-order valence-electron chi connectivity index (χ3n) is 8.35. The monoisotopic (exact) mass is 559 g/mol. The molecule has 41 heavy (non-hydrogen) atoms. The lowest BCUT2D eigenvalue weighted by Gasteiger charge is -2.45. The second-order valence-corrected chi connectivity index (χ2v) is 11.0. The first-order chi connectivity index (χ1) is 19.6. The molecule has 0 aliphatic carbocycles. The summed E-state index contributed by atoms with van der Waals surface area (Å²) < 4.78 is 14.9. The first kappa shape index (κ1) is 28.3. The number of piperazine rings is 1. The Kier molecular flexibility index (Phi) is 8.08. The van der Waals surface area contributed by atoms with Gasteiger partial charge in [0.15, 0.2) is 11.6 Å². The van der Waals surface area contributed by atoms with Crippen LogP contribution in [0.5, 0.6) is 11.5 Å². The van der Waals surface area contributed by atoms with E-state index in [2.05, 4.69) is 4.90 Å². The van der Waals surface area contributed by atoms with Gasteiger partial charge in [-0.25, -0.2) is 9.18 Å². The third-order valence-corrected chi connectivity index (χ3v) is 8.35. The zero-order chi connectivity index (χ0) is 29.3. The topological polar surface area (TPSA) is 101 Å². The van der Waals surface area contributed by atoms with Crippen LogP contribution < -0.4 is 0 Å². The lowest BCUT2D eigenvalue weighted by molar-refractivity contribution is 0.0561. The van der Waals surface area contributed by atoms with Crippen molar-refractivity contribution in [3.8, 4) is 11.5 Å². The Labute approximate surface area is 238 Å². The molecule has 214 valence electrons. The first-order valence-corrected chi connectivity index (χ1v) is 13.8. The van der Waals surface area contributed by atoms with Crippen molar-refractivity contribution in [3.05, 3.63) is 94.8 Å². The maximum absolute atomic E-state index is 14.9. The molecule has 0 saturated carbocycles. The van der Waals surface area contributed by atoms with Gasteiger partial charge in [-0.2, -0.15) is 0 Å². The van der Waals surface area contributed by atoms with E-state index in [4.69, 9.17) is 0 Å². The number of likely N-dealkylation sites (tertiary alicyclic amines) is 1. The molecular formula is C32H34FN3O5. The summed E-state index contributed by atoms with van der Waals surface area (Å²) in [6.07, 6.45) is 0. The number of halogens is 1. The minimum Gasteiger partial charge on any atom is -0.508 e. The molecule has 2 aliphatic heterocycles. The number of amides is 2. The van der Waals surface area contributed by atoms with E-state index in [1.54, 1.807) is 53.1 Å². The maximum atomic E-state index is 14.9. The van der Waals surface area contributed by atoms with Crippen LogP contribution in [0.3, 0.4) is 0 Å². The molecule has 9 heteroatoms. The van der Waals surface area contributed by atoms with Crippen LogP contribution in [-0.2, 0) is 0 Å². The van der Waals surface area contributed by atoms with E-state index in [0.717, 1.165) is 0 Å². The van der Waals surface area contributed by atoms with Gasteiger partial charge in [-0.3, -0.25) is 9.59 Å². The smallest absolute Gasteiger partial charge is 0.320 e. The number of benzene rings is 3. The summed E-state index contributed by atoms with van der Waals surface area (Å²) in [5.41, 5.74) is 1.34. The van der Waals surface area contributed by atoms with E-state index in [9.17, 15) is 29.0 Å². The number of phenolic OH excluding ortho intramolecular Hbond substituents is 2. The predicted octanol–water partition coefficient (Wildman–Crippen LogP) is 4.31. The molecule has 8 nitrogen and oxygen atoms in total. The van der Waals surface area contributed by atoms with Gasteiger partial charge in [-0.1, -0.05) is 36.4 Å². The van der Waals surface area contributed by atoms with Crippen LogP contribution in [0.25, 0.3) is 0 Å². The Morgan fingerprint density at radius 2 is 1.27 bits per heavy atom. The zero-order valence-electron chi connectivity index (χ0n) is 23.2. The molecule has 5 rings (SSSR count). The van der Waals surface area contributed by atoms with Gasteiger partial charge < -0.3 is 24.9 Å². The molecule has 2 aliphatic rings. The quantitative estimate of drug-likeness (QED) is 0.452. The fraction of sp³-hybridized carbons (Fsp3) is 0.344. The van der Waals surface area contributed by atoms with E-state index in [1.807, 2.05) is 7.05 Å². The largest absolute Gasteiger partial charge is 0.508 e. The number of phenols is 2. The van der Waals surface area contributed by atoms with E-state index in [1.165, 1.54) is 30.3 Å². The number of rotatable bonds is 5. The molecule has 2 saturated heterocycles. The standard InChI is InChI=1S/C32H34FN3O5/c1-20-25(10-5-11-28(20)33)29-26(30(39)21-6-3-8-23(37)16-21)18-36(32(41)35-14-12-34(2)13-15-35)19-27(29)31(40)22-7-4-9-24(38)17-22/h3-11,16-17,26-27,29,37-38H,12-15,18-19H2,1-2H3/t26-,27+,29?. The molecule has 2 N–H and O–H groups in total. The number of hydrogen-bond donors (Lipinski definition) is 2. The second-order valence-electron chi connectivity index (χ2n) is 11.0. The number of hydrogen-bond acceptors (Lipinski definition) is 6. The highest BCUT2D eigenvalue weighted by molar-refractivity contribution is 6.03. The average molecular weight is 560 g/mol. The summed E-state index contributed by atoms with van der Waals surface area (Å²) in [6, 6.07) is 16.3. The molecule has 0 radical (unpaired) electrons. The third kappa shape index (κ3) is 5.81. The number of urea groups is 1. The minimum absolute atomic E-state index is 0.0318. The Morgan fingerprint density at radius 1 is 0.756 bits per heavy atom. The first-order valence-electron chi connectivity index (χ1n) is 13.8. The van der Waals surface area contributed by atoms with Crippen LogP contribution in [0.1, 0.15) is 37.8 Å². The van der Waals surface area contributed by atoms with Crippen molar-refractivity contribution in [2.24, 2.45) is 11.8 Å². The molecule has 1 unspecified atom stereocenters. The van der Waals surface area contributed by atoms with Crippen LogP contribution in [0, 0.1) is 24.6 Å². The lowest BCUT2D eigenvalue weighted by atomic mass is 9.68. The summed E-state index contributed by atoms with van der Waals surface area (Å²) in [5, 5.41) is 20.2. The van der Waals surface area contributed by atoms with Gasteiger partial charge in [0.25, 0.3) is 0 Å². The van der Waals surface area contributed by atoms with Crippen molar-refractivity contribution < 1.29 is 29.0 Å². The normalized spacial score (nSPS) is 21.5. The number of ketones is 2. The summed E-state index contributed by atoms with van der Waals surface area (Å²) in [7, 11) is 1.99. The van der Waals surface area contributed by atoms with Crippen LogP contribution in [0.4, 0.5) is 9.18 Å². The van der Waals surface area contributed by atoms with Crippen LogP contribution >= 0.6 is 0 Å². The van der Waals surface area contributed by atoms with Gasteiger partial charge in [0.1, 0.15) is 17.3 Å². The Bertz CT molecular complexity index is 1400. The van der Waals surface area contributed by atoms with Gasteiger partial charge in [0.2, 0.25) is 0 Å². The molecule has 3 atom stereocenters. The number of carbonyl (C=O) groups excluding carboxylic acids is 3. The zero-order valence-corrected chi connectivity index (χ0v) is 23.2. The highest BCUT2D eigenvalue weighted by Crippen LogP contribution is 2.43. The van der Waals surface area contributed by atoms with Gasteiger partial charge in [-0.05, 0) is 55.4 Å². The molecule has 2 amide bonds. The SMILES string of the molecule is Cc1c(F)cccc1C1[C@@H](C(=O)c2cccc(O)c2)CN(C(=O)N2CCN(C)CC2)C[C@H]1C(=O)c1cccc(O)c1. The molecule has 0 bridgehead atoms. The molecule has 0 spiro atoms. The Balaban J connectivity index is 1.63. The number of nitrogens with zero attached hydrogens (tertiary/aromatic N) is 3. The molecule has 0 aromatic heterocycles. The van der Waals surface area contributed by atoms with Crippen molar-refractivity contribution in [2.45, 2.75) is 12.8 Å². The van der Waals surface area contributed by atoms with Crippen molar-refractivity contribution in [1.29, 1.82) is 0 Å². The molecule has 3 aromatic carbocycles. The predicted molar refractivity (Wildman–Crippen MR) is 152 cm³/mol. The number of piperidine rings is 1. The molecule has 3 aromatic rings. The highest BCUT2D eigenvalue weighted by atomic mass is 19.1. The summed E-state index contributed by atoms with van der Waals surface area (Å²) in [4.78, 5) is 47.6. The summed E-state index contributed by atoms with van der Waals surface area (Å²) in [6.45, 7) is 4.15. The van der Waals surface area contributed by atoms with Crippen LogP contribution in [-0.4, -0.2) is 88.8 Å². The van der Waals surface area contributed by atoms with Gasteiger partial charge in [0, 0.05) is 68.1 Å². The maximum Gasteiger partial charge on any atom is 0.320 e. The Hall–Kier alpha value is -4.24. The fourth-order valence-corrected chi connectivity index (χ4v) is 6.07. The van der Waals surface area contributed by atoms with Crippen molar-refractivity contribution >= 4 is 17.6 Å². The number of Topliss-reactive ketones (excluding diaryl/α,β-unsaturated/α-hetero) is 2. The highest BCUT2D eigenvalue weighted by Gasteiger charge is 2.47. The number of aromatic hydroxyl groups is 2. The average Bonchev–Trinajstić information content (AvgIpc) is 2.97. The van der Waals surface area contributed by atoms with Crippen molar-refractivity contribution in [3.63, 3.8) is 0 Å². The van der Waals surface area contributed by atoms with Gasteiger partial charge in [-0.15, -0.1) is 0 Å². The van der Waals surface area contributed by atoms with Crippen molar-refractivity contribution in [1.82, 2.24) is 14.7 Å². The number of likely N-dealkylation sites (N-methyl/N-ethyl adjacent to an activating group) is 1. The molecule has 2 heterocycles.